The Balaban J connectivity index is 3.51. The minimum absolute atomic E-state index is 0.0823. The van der Waals surface area contributed by atoms with E-state index < -0.39 is 0 Å². The first kappa shape index (κ1) is 19.4. The lowest BCUT2D eigenvalue weighted by Gasteiger charge is -2.25. The standard InChI is InChI=1S/C16H34N2O2/c1-4-5-14-20-16(2,3)11-9-13-18-15(19)10-7-6-8-12-17/h4-14,17H2,1-3H3,(H,18,19). The molecule has 0 unspecified atom stereocenters. The maximum absolute atomic E-state index is 11.6. The molecule has 0 rings (SSSR count). The number of ether oxygens (including phenoxy) is 1. The van der Waals surface area contributed by atoms with Gasteiger partial charge in [0.25, 0.3) is 0 Å². The molecular weight excluding hydrogens is 252 g/mol. The zero-order valence-corrected chi connectivity index (χ0v) is 13.7. The number of amides is 1. The molecule has 120 valence electrons. The molecule has 3 N–H and O–H groups in total. The van der Waals surface area contributed by atoms with Crippen molar-refractivity contribution in [2.45, 2.75) is 77.7 Å². The molecule has 0 saturated carbocycles. The van der Waals surface area contributed by atoms with Gasteiger partial charge >= 0.3 is 0 Å². The smallest absolute Gasteiger partial charge is 0.219 e. The topological polar surface area (TPSA) is 64.3 Å². The van der Waals surface area contributed by atoms with E-state index in [1.165, 1.54) is 0 Å². The van der Waals surface area contributed by atoms with Crippen LogP contribution in [0, 0.1) is 0 Å². The molecule has 0 aliphatic rings. The van der Waals surface area contributed by atoms with Gasteiger partial charge in [-0.05, 0) is 52.5 Å². The number of rotatable bonds is 13. The molecule has 0 fully saturated rings. The van der Waals surface area contributed by atoms with Crippen molar-refractivity contribution in [1.82, 2.24) is 5.32 Å². The molecule has 0 aromatic carbocycles. The first-order chi connectivity index (χ1) is 9.52. The van der Waals surface area contributed by atoms with Crippen LogP contribution in [0.2, 0.25) is 0 Å². The highest BCUT2D eigenvalue weighted by atomic mass is 16.5. The molecular formula is C16H34N2O2. The molecule has 20 heavy (non-hydrogen) atoms. The van der Waals surface area contributed by atoms with Crippen LogP contribution in [0.1, 0.15) is 72.1 Å². The van der Waals surface area contributed by atoms with Crippen molar-refractivity contribution in [3.05, 3.63) is 0 Å². The number of carbonyl (C=O) groups is 1. The minimum Gasteiger partial charge on any atom is -0.376 e. The number of nitrogens with one attached hydrogen (secondary N) is 1. The third kappa shape index (κ3) is 12.4. The molecule has 0 spiro atoms. The van der Waals surface area contributed by atoms with Crippen LogP contribution in [0.25, 0.3) is 0 Å². The van der Waals surface area contributed by atoms with E-state index in [-0.39, 0.29) is 11.5 Å². The molecule has 0 radical (unpaired) electrons. The van der Waals surface area contributed by atoms with Crippen LogP contribution in [0.15, 0.2) is 0 Å². The molecule has 0 aromatic rings. The molecule has 4 nitrogen and oxygen atoms in total. The van der Waals surface area contributed by atoms with Crippen LogP contribution in [-0.2, 0) is 9.53 Å². The molecule has 0 saturated heterocycles. The van der Waals surface area contributed by atoms with Crippen molar-refractivity contribution in [1.29, 1.82) is 0 Å². The van der Waals surface area contributed by atoms with Gasteiger partial charge in [-0.2, -0.15) is 0 Å². The number of unbranched alkanes of at least 4 members (excludes halogenated alkanes) is 3. The van der Waals surface area contributed by atoms with Crippen LogP contribution < -0.4 is 11.1 Å². The van der Waals surface area contributed by atoms with E-state index in [1.807, 2.05) is 0 Å². The third-order valence-electron chi connectivity index (χ3n) is 3.38. The van der Waals surface area contributed by atoms with Crippen LogP contribution >= 0.6 is 0 Å². The summed E-state index contributed by atoms with van der Waals surface area (Å²) in [5.41, 5.74) is 5.33. The predicted molar refractivity (Wildman–Crippen MR) is 84.7 cm³/mol. The summed E-state index contributed by atoms with van der Waals surface area (Å²) in [5, 5.41) is 2.97. The quantitative estimate of drug-likeness (QED) is 0.512. The van der Waals surface area contributed by atoms with Crippen molar-refractivity contribution in [2.24, 2.45) is 5.73 Å². The molecule has 0 atom stereocenters. The summed E-state index contributed by atoms with van der Waals surface area (Å²) >= 11 is 0. The van der Waals surface area contributed by atoms with Crippen LogP contribution in [0.3, 0.4) is 0 Å². The van der Waals surface area contributed by atoms with Gasteiger partial charge in [-0.15, -0.1) is 0 Å². The number of carbonyl (C=O) groups excluding carboxylic acids is 1. The maximum atomic E-state index is 11.6. The number of hydrogen-bond acceptors (Lipinski definition) is 3. The highest BCUT2D eigenvalue weighted by Gasteiger charge is 2.17. The first-order valence-corrected chi connectivity index (χ1v) is 8.12. The van der Waals surface area contributed by atoms with Crippen molar-refractivity contribution >= 4 is 5.91 Å². The Morgan fingerprint density at radius 2 is 1.90 bits per heavy atom. The van der Waals surface area contributed by atoms with E-state index in [0.29, 0.717) is 13.0 Å². The Labute approximate surface area is 124 Å². The molecule has 0 aliphatic carbocycles. The number of nitrogens with two attached hydrogens (primary N) is 1. The SMILES string of the molecule is CCCCOC(C)(C)CCCNC(=O)CCCCCN. The average Bonchev–Trinajstić information content (AvgIpc) is 2.40. The second-order valence-corrected chi connectivity index (χ2v) is 6.01. The second kappa shape index (κ2) is 12.2. The fraction of sp³-hybridized carbons (Fsp3) is 0.938. The summed E-state index contributed by atoms with van der Waals surface area (Å²) in [5.74, 6) is 0.159. The van der Waals surface area contributed by atoms with E-state index in [4.69, 9.17) is 10.5 Å². The molecule has 1 amide bonds. The zero-order valence-electron chi connectivity index (χ0n) is 13.7. The Hall–Kier alpha value is -0.610. The highest BCUT2D eigenvalue weighted by molar-refractivity contribution is 5.75. The summed E-state index contributed by atoms with van der Waals surface area (Å²) in [6, 6.07) is 0. The van der Waals surface area contributed by atoms with Gasteiger partial charge in [0.05, 0.1) is 5.60 Å². The Morgan fingerprint density at radius 1 is 1.15 bits per heavy atom. The Morgan fingerprint density at radius 3 is 2.55 bits per heavy atom. The predicted octanol–water partition coefficient (Wildman–Crippen LogP) is 3.00. The second-order valence-electron chi connectivity index (χ2n) is 6.01. The highest BCUT2D eigenvalue weighted by Crippen LogP contribution is 2.16. The van der Waals surface area contributed by atoms with Gasteiger partial charge in [0, 0.05) is 19.6 Å². The van der Waals surface area contributed by atoms with Gasteiger partial charge < -0.3 is 15.8 Å². The lowest BCUT2D eigenvalue weighted by atomic mass is 10.0. The lowest BCUT2D eigenvalue weighted by molar-refractivity contribution is -0.121. The van der Waals surface area contributed by atoms with E-state index in [1.54, 1.807) is 0 Å². The van der Waals surface area contributed by atoms with E-state index in [2.05, 4.69) is 26.1 Å². The van der Waals surface area contributed by atoms with Crippen LogP contribution in [0.5, 0.6) is 0 Å². The third-order valence-corrected chi connectivity index (χ3v) is 3.38. The molecule has 4 heteroatoms. The van der Waals surface area contributed by atoms with Crippen molar-refractivity contribution in [3.63, 3.8) is 0 Å². The normalized spacial score (nSPS) is 11.6. The van der Waals surface area contributed by atoms with Crippen LogP contribution in [0.4, 0.5) is 0 Å². The first-order valence-electron chi connectivity index (χ1n) is 8.12. The lowest BCUT2D eigenvalue weighted by Crippen LogP contribution is -2.29. The molecule has 0 aromatic heterocycles. The summed E-state index contributed by atoms with van der Waals surface area (Å²) in [6.07, 6.45) is 7.83. The van der Waals surface area contributed by atoms with Gasteiger partial charge in [-0.1, -0.05) is 19.8 Å². The Kier molecular flexibility index (Phi) is 11.8. The largest absolute Gasteiger partial charge is 0.376 e. The number of hydrogen-bond donors (Lipinski definition) is 2. The molecule has 0 aliphatic heterocycles. The van der Waals surface area contributed by atoms with Crippen LogP contribution in [-0.4, -0.2) is 31.2 Å². The van der Waals surface area contributed by atoms with Gasteiger partial charge in [-0.3, -0.25) is 4.79 Å². The van der Waals surface area contributed by atoms with Gasteiger partial charge in [-0.25, -0.2) is 0 Å². The monoisotopic (exact) mass is 286 g/mol. The minimum atomic E-state index is -0.0823. The van der Waals surface area contributed by atoms with E-state index in [9.17, 15) is 4.79 Å². The summed E-state index contributed by atoms with van der Waals surface area (Å²) in [6.45, 7) is 8.70. The fourth-order valence-electron chi connectivity index (χ4n) is 2.00. The van der Waals surface area contributed by atoms with E-state index in [0.717, 1.165) is 58.1 Å². The Bertz CT molecular complexity index is 243. The zero-order chi connectivity index (χ0) is 15.3. The molecule has 0 heterocycles. The van der Waals surface area contributed by atoms with Crippen molar-refractivity contribution in [2.75, 3.05) is 19.7 Å². The fourth-order valence-corrected chi connectivity index (χ4v) is 2.00. The van der Waals surface area contributed by atoms with Crippen molar-refractivity contribution in [3.8, 4) is 0 Å². The summed E-state index contributed by atoms with van der Waals surface area (Å²) in [7, 11) is 0. The van der Waals surface area contributed by atoms with Crippen molar-refractivity contribution < 1.29 is 9.53 Å². The summed E-state index contributed by atoms with van der Waals surface area (Å²) in [4.78, 5) is 11.6. The summed E-state index contributed by atoms with van der Waals surface area (Å²) < 4.78 is 5.84. The average molecular weight is 286 g/mol. The van der Waals surface area contributed by atoms with Gasteiger partial charge in [0.1, 0.15) is 0 Å². The van der Waals surface area contributed by atoms with E-state index >= 15 is 0 Å². The molecule has 0 bridgehead atoms. The maximum Gasteiger partial charge on any atom is 0.219 e. The van der Waals surface area contributed by atoms with Gasteiger partial charge in [0.15, 0.2) is 0 Å². The van der Waals surface area contributed by atoms with Gasteiger partial charge in [0.2, 0.25) is 5.91 Å².